The van der Waals surface area contributed by atoms with Crippen molar-refractivity contribution in [1.82, 2.24) is 4.98 Å². The van der Waals surface area contributed by atoms with Gasteiger partial charge < -0.3 is 10.8 Å². The van der Waals surface area contributed by atoms with Crippen molar-refractivity contribution in [2.24, 2.45) is 0 Å². The van der Waals surface area contributed by atoms with Crippen LogP contribution in [0.2, 0.25) is 0 Å². The van der Waals surface area contributed by atoms with Gasteiger partial charge in [0.2, 0.25) is 0 Å². The van der Waals surface area contributed by atoms with Gasteiger partial charge in [0, 0.05) is 11.8 Å². The van der Waals surface area contributed by atoms with E-state index >= 15 is 0 Å². The molecule has 0 amide bonds. The predicted octanol–water partition coefficient (Wildman–Crippen LogP) is 1.27. The molecule has 0 aliphatic rings. The molecule has 0 saturated heterocycles. The quantitative estimate of drug-likeness (QED) is 0.734. The molecule has 0 radical (unpaired) electrons. The molecule has 0 aliphatic carbocycles. The smallest absolute Gasteiger partial charge is 0.268 e. The van der Waals surface area contributed by atoms with E-state index in [0.717, 1.165) is 0 Å². The lowest BCUT2D eigenvalue weighted by Gasteiger charge is -2.13. The molecule has 5 heteroatoms. The third-order valence-electron chi connectivity index (χ3n) is 1.77. The van der Waals surface area contributed by atoms with Crippen molar-refractivity contribution in [2.75, 3.05) is 5.73 Å². The van der Waals surface area contributed by atoms with Crippen molar-refractivity contribution in [2.45, 2.75) is 19.5 Å². The van der Waals surface area contributed by atoms with Crippen molar-refractivity contribution in [1.29, 1.82) is 0 Å². The molecule has 72 valence electrons. The van der Waals surface area contributed by atoms with Crippen molar-refractivity contribution in [3.8, 4) is 0 Å². The number of hydrogen-bond donors (Lipinski definition) is 2. The van der Waals surface area contributed by atoms with E-state index in [1.807, 2.05) is 0 Å². The number of aromatic nitrogens is 1. The fourth-order valence-corrected chi connectivity index (χ4v) is 1.10. The average molecular weight is 188 g/mol. The Balaban J connectivity index is 3.12. The van der Waals surface area contributed by atoms with Crippen molar-refractivity contribution in [3.63, 3.8) is 0 Å². The van der Waals surface area contributed by atoms with Gasteiger partial charge in [-0.15, -0.1) is 0 Å². The number of nitrogen functional groups attached to an aromatic ring is 1. The van der Waals surface area contributed by atoms with Gasteiger partial charge in [-0.2, -0.15) is 0 Å². The Morgan fingerprint density at radius 2 is 2.15 bits per heavy atom. The minimum absolute atomic E-state index is 0.0116. The summed E-state index contributed by atoms with van der Waals surface area (Å²) in [6, 6.07) is 1.53. The fraction of sp³-hybridized carbons (Fsp3) is 0.375. The van der Waals surface area contributed by atoms with Crippen LogP contribution in [0.3, 0.4) is 0 Å². The van der Waals surface area contributed by atoms with Crippen LogP contribution in [0.5, 0.6) is 0 Å². The first kappa shape index (κ1) is 9.85. The van der Waals surface area contributed by atoms with Crippen LogP contribution in [0, 0.1) is 6.92 Å². The Morgan fingerprint density at radius 3 is 2.62 bits per heavy atom. The molecule has 0 aliphatic heterocycles. The normalized spacial score (nSPS) is 13.3. The maximum absolute atomic E-state index is 12.1. The molecule has 1 aromatic rings. The first-order chi connectivity index (χ1) is 6.04. The zero-order valence-corrected chi connectivity index (χ0v) is 7.04. The largest absolute Gasteiger partial charge is 0.383 e. The Morgan fingerprint density at radius 1 is 1.54 bits per heavy atom. The van der Waals surface area contributed by atoms with Crippen molar-refractivity contribution in [3.05, 3.63) is 23.4 Å². The Labute approximate surface area is 74.2 Å². The van der Waals surface area contributed by atoms with E-state index in [4.69, 9.17) is 10.8 Å². The molecule has 0 spiro atoms. The summed E-state index contributed by atoms with van der Waals surface area (Å²) in [4.78, 5) is 3.63. The lowest BCUT2D eigenvalue weighted by molar-refractivity contribution is -0.00586. The maximum atomic E-state index is 12.1. The molecule has 1 unspecified atom stereocenters. The van der Waals surface area contributed by atoms with E-state index in [0.29, 0.717) is 5.56 Å². The van der Waals surface area contributed by atoms with Crippen LogP contribution in [0.1, 0.15) is 17.2 Å². The second-order valence-electron chi connectivity index (χ2n) is 2.71. The number of nitrogens with two attached hydrogens (primary N) is 1. The molecule has 13 heavy (non-hydrogen) atoms. The van der Waals surface area contributed by atoms with Gasteiger partial charge in [0.05, 0.1) is 0 Å². The SMILES string of the molecule is Cc1ccnc(N)c1C(O)C(F)F. The second kappa shape index (κ2) is 3.66. The van der Waals surface area contributed by atoms with Crippen LogP contribution in [0.25, 0.3) is 0 Å². The molecular formula is C8H10F2N2O. The number of alkyl halides is 2. The first-order valence-electron chi connectivity index (χ1n) is 3.71. The highest BCUT2D eigenvalue weighted by molar-refractivity contribution is 5.45. The van der Waals surface area contributed by atoms with Crippen LogP contribution in [0.15, 0.2) is 12.3 Å². The molecule has 0 aromatic carbocycles. The van der Waals surface area contributed by atoms with Gasteiger partial charge in [-0.25, -0.2) is 13.8 Å². The molecule has 1 aromatic heterocycles. The molecule has 3 N–H and O–H groups in total. The van der Waals surface area contributed by atoms with E-state index in [2.05, 4.69) is 4.98 Å². The molecule has 0 bridgehead atoms. The van der Waals surface area contributed by atoms with Gasteiger partial charge in [0.25, 0.3) is 6.43 Å². The van der Waals surface area contributed by atoms with Gasteiger partial charge in [-0.05, 0) is 18.6 Å². The third kappa shape index (κ3) is 1.92. The number of aryl methyl sites for hydroxylation is 1. The highest BCUT2D eigenvalue weighted by Crippen LogP contribution is 2.26. The predicted molar refractivity (Wildman–Crippen MR) is 44.4 cm³/mol. The van der Waals surface area contributed by atoms with Crippen molar-refractivity contribution < 1.29 is 13.9 Å². The highest BCUT2D eigenvalue weighted by atomic mass is 19.3. The summed E-state index contributed by atoms with van der Waals surface area (Å²) >= 11 is 0. The van der Waals surface area contributed by atoms with Gasteiger partial charge in [-0.1, -0.05) is 0 Å². The zero-order chi connectivity index (χ0) is 10.0. The Kier molecular flexibility index (Phi) is 2.77. The molecule has 1 atom stereocenters. The minimum Gasteiger partial charge on any atom is -0.383 e. The second-order valence-corrected chi connectivity index (χ2v) is 2.71. The van der Waals surface area contributed by atoms with Gasteiger partial charge in [-0.3, -0.25) is 0 Å². The van der Waals surface area contributed by atoms with E-state index in [-0.39, 0.29) is 11.4 Å². The number of anilines is 1. The number of halogens is 2. The van der Waals surface area contributed by atoms with E-state index in [1.165, 1.54) is 12.3 Å². The number of aliphatic hydroxyl groups excluding tert-OH is 1. The zero-order valence-electron chi connectivity index (χ0n) is 7.04. The number of nitrogens with zero attached hydrogens (tertiary/aromatic N) is 1. The first-order valence-corrected chi connectivity index (χ1v) is 3.71. The summed E-state index contributed by atoms with van der Waals surface area (Å²) in [6.07, 6.45) is -3.29. The Bertz CT molecular complexity index is 284. The van der Waals surface area contributed by atoms with Crippen LogP contribution >= 0.6 is 0 Å². The summed E-state index contributed by atoms with van der Waals surface area (Å²) in [6.45, 7) is 1.60. The molecule has 1 heterocycles. The molecular weight excluding hydrogens is 178 g/mol. The summed E-state index contributed by atoms with van der Waals surface area (Å²) in [5.74, 6) is -0.0483. The third-order valence-corrected chi connectivity index (χ3v) is 1.77. The maximum Gasteiger partial charge on any atom is 0.268 e. The van der Waals surface area contributed by atoms with E-state index in [1.54, 1.807) is 6.92 Å². The minimum atomic E-state index is -2.84. The lowest BCUT2D eigenvalue weighted by Crippen LogP contribution is -2.13. The monoisotopic (exact) mass is 188 g/mol. The summed E-state index contributed by atoms with van der Waals surface area (Å²) < 4.78 is 24.3. The van der Waals surface area contributed by atoms with E-state index < -0.39 is 12.5 Å². The number of rotatable bonds is 2. The molecule has 3 nitrogen and oxygen atoms in total. The number of hydrogen-bond acceptors (Lipinski definition) is 3. The average Bonchev–Trinajstić information content (AvgIpc) is 2.03. The molecule has 0 fully saturated rings. The summed E-state index contributed by atoms with van der Waals surface area (Å²) in [5, 5.41) is 9.09. The van der Waals surface area contributed by atoms with Crippen LogP contribution in [0.4, 0.5) is 14.6 Å². The van der Waals surface area contributed by atoms with Gasteiger partial charge in [0.1, 0.15) is 11.9 Å². The topological polar surface area (TPSA) is 59.1 Å². The Hall–Kier alpha value is -1.23. The van der Waals surface area contributed by atoms with Crippen molar-refractivity contribution >= 4 is 5.82 Å². The summed E-state index contributed by atoms with van der Waals surface area (Å²) in [7, 11) is 0. The number of aliphatic hydroxyl groups is 1. The highest BCUT2D eigenvalue weighted by Gasteiger charge is 2.23. The fourth-order valence-electron chi connectivity index (χ4n) is 1.10. The van der Waals surface area contributed by atoms with Gasteiger partial charge >= 0.3 is 0 Å². The van der Waals surface area contributed by atoms with Crippen LogP contribution in [-0.2, 0) is 0 Å². The van der Waals surface area contributed by atoms with E-state index in [9.17, 15) is 8.78 Å². The standard InChI is InChI=1S/C8H10F2N2O/c1-4-2-3-12-8(11)5(4)6(13)7(9)10/h2-3,6-7,13H,1H3,(H2,11,12). The van der Waals surface area contributed by atoms with Crippen LogP contribution < -0.4 is 5.73 Å². The lowest BCUT2D eigenvalue weighted by atomic mass is 10.1. The van der Waals surface area contributed by atoms with Gasteiger partial charge in [0.15, 0.2) is 0 Å². The summed E-state index contributed by atoms with van der Waals surface area (Å²) in [5.41, 5.74) is 5.88. The number of pyridine rings is 1. The van der Waals surface area contributed by atoms with Crippen LogP contribution in [-0.4, -0.2) is 16.5 Å². The molecule has 1 rings (SSSR count). The molecule has 0 saturated carbocycles.